The summed E-state index contributed by atoms with van der Waals surface area (Å²) in [6, 6.07) is 10.3. The number of aromatic nitrogens is 2. The summed E-state index contributed by atoms with van der Waals surface area (Å²) in [5.74, 6) is -1.50. The molecule has 2 fully saturated rings. The molecule has 0 bridgehead atoms. The van der Waals surface area contributed by atoms with Gasteiger partial charge in [-0.25, -0.2) is 14.8 Å². The lowest BCUT2D eigenvalue weighted by Crippen LogP contribution is -2.43. The normalized spacial score (nSPS) is 19.8. The fourth-order valence-electron chi connectivity index (χ4n) is 4.86. The summed E-state index contributed by atoms with van der Waals surface area (Å²) < 4.78 is 32.4. The summed E-state index contributed by atoms with van der Waals surface area (Å²) in [5.41, 5.74) is 1.94. The Morgan fingerprint density at radius 1 is 1.18 bits per heavy atom. The number of halogens is 4. The summed E-state index contributed by atoms with van der Waals surface area (Å²) in [5, 5.41) is 16.4. The number of carboxylic acid groups (broad SMARTS) is 1. The van der Waals surface area contributed by atoms with Crippen LogP contribution in [-0.2, 0) is 11.3 Å². The molecule has 216 valence electrons. The third-order valence-electron chi connectivity index (χ3n) is 7.15. The van der Waals surface area contributed by atoms with E-state index in [4.69, 9.17) is 9.90 Å². The molecule has 0 spiro atoms. The highest BCUT2D eigenvalue weighted by Gasteiger charge is 2.38. The van der Waals surface area contributed by atoms with Gasteiger partial charge in [0.2, 0.25) is 5.82 Å². The average molecular weight is 625 g/mol. The lowest BCUT2D eigenvalue weighted by atomic mass is 10.0. The molecule has 4 rings (SSSR count). The van der Waals surface area contributed by atoms with Crippen molar-refractivity contribution in [3.63, 3.8) is 0 Å². The van der Waals surface area contributed by atoms with Crippen molar-refractivity contribution < 1.29 is 27.9 Å². The lowest BCUT2D eigenvalue weighted by molar-refractivity contribution is -0.192. The van der Waals surface area contributed by atoms with Gasteiger partial charge in [0.15, 0.2) is 5.78 Å². The molecular formula is C27H32BrF3N6O3. The average Bonchev–Trinajstić information content (AvgIpc) is 3.34. The Morgan fingerprint density at radius 3 is 2.33 bits per heavy atom. The maximum Gasteiger partial charge on any atom is 0.490 e. The van der Waals surface area contributed by atoms with Crippen molar-refractivity contribution in [2.24, 2.45) is 5.92 Å². The number of hydrogen-bond donors (Lipinski definition) is 1. The van der Waals surface area contributed by atoms with Gasteiger partial charge in [0, 0.05) is 50.5 Å². The topological polar surface area (TPSA) is 114 Å². The molecular weight excluding hydrogens is 593 g/mol. The molecule has 1 saturated carbocycles. The van der Waals surface area contributed by atoms with Gasteiger partial charge in [-0.1, -0.05) is 37.6 Å². The predicted molar refractivity (Wildman–Crippen MR) is 146 cm³/mol. The zero-order valence-corrected chi connectivity index (χ0v) is 24.0. The van der Waals surface area contributed by atoms with Crippen LogP contribution in [-0.4, -0.2) is 88.6 Å². The molecule has 1 aromatic carbocycles. The first kappa shape index (κ1) is 31.4. The van der Waals surface area contributed by atoms with Crippen molar-refractivity contribution in [1.29, 1.82) is 5.26 Å². The van der Waals surface area contributed by atoms with Crippen molar-refractivity contribution in [1.82, 2.24) is 19.8 Å². The third kappa shape index (κ3) is 8.71. The Morgan fingerprint density at radius 2 is 1.80 bits per heavy atom. The second kappa shape index (κ2) is 14.0. The zero-order chi connectivity index (χ0) is 29.4. The SMILES string of the molecule is C[C@H]1CCC[C@H]1N(CC(=O)c1ccc(CN2CCN(C)CC2)cc1)c1nc(C#N)ncc1Br.O=C(O)C(F)(F)F. The number of likely N-dealkylation sites (N-methyl/N-ethyl adjacent to an activating group) is 1. The van der Waals surface area contributed by atoms with Gasteiger partial charge < -0.3 is 14.9 Å². The molecule has 40 heavy (non-hydrogen) atoms. The van der Waals surface area contributed by atoms with E-state index in [9.17, 15) is 23.2 Å². The summed E-state index contributed by atoms with van der Waals surface area (Å²) in [6.45, 7) is 7.71. The monoisotopic (exact) mass is 624 g/mol. The maximum atomic E-state index is 13.3. The molecule has 0 amide bonds. The summed E-state index contributed by atoms with van der Waals surface area (Å²) in [7, 11) is 2.16. The largest absolute Gasteiger partial charge is 0.490 e. The van der Waals surface area contributed by atoms with Crippen LogP contribution in [0, 0.1) is 17.2 Å². The molecule has 0 radical (unpaired) electrons. The van der Waals surface area contributed by atoms with E-state index in [-0.39, 0.29) is 24.2 Å². The molecule has 2 aliphatic rings. The second-order valence-corrected chi connectivity index (χ2v) is 10.9. The fourth-order valence-corrected chi connectivity index (χ4v) is 5.28. The van der Waals surface area contributed by atoms with Crippen molar-refractivity contribution in [2.45, 2.75) is 44.9 Å². The Labute approximate surface area is 239 Å². The van der Waals surface area contributed by atoms with E-state index in [1.165, 1.54) is 5.56 Å². The molecule has 0 unspecified atom stereocenters. The Balaban J connectivity index is 0.000000559. The minimum Gasteiger partial charge on any atom is -0.475 e. The van der Waals surface area contributed by atoms with Crippen molar-refractivity contribution in [3.8, 4) is 6.07 Å². The maximum absolute atomic E-state index is 13.3. The standard InChI is InChI=1S/C25H31BrN6O.C2HF3O2/c1-18-4-3-5-22(18)32(25-21(26)15-28-24(14-27)29-25)17-23(33)20-8-6-19(7-9-20)16-31-12-10-30(2)11-13-31;3-2(4,5)1(6)7/h6-9,15,18,22H,3-5,10-13,16-17H2,1-2H3;(H,6,7)/t18-,22+;/m0./s1. The summed E-state index contributed by atoms with van der Waals surface area (Å²) in [6.07, 6.45) is -0.211. The van der Waals surface area contributed by atoms with Gasteiger partial charge in [0.05, 0.1) is 11.0 Å². The first-order valence-corrected chi connectivity index (χ1v) is 13.7. The van der Waals surface area contributed by atoms with Gasteiger partial charge >= 0.3 is 12.1 Å². The highest BCUT2D eigenvalue weighted by atomic mass is 79.9. The van der Waals surface area contributed by atoms with Crippen LogP contribution in [0.5, 0.6) is 0 Å². The number of nitriles is 1. The molecule has 1 saturated heterocycles. The lowest BCUT2D eigenvalue weighted by Gasteiger charge is -2.33. The molecule has 9 nitrogen and oxygen atoms in total. The molecule has 2 heterocycles. The first-order chi connectivity index (χ1) is 18.9. The van der Waals surface area contributed by atoms with Gasteiger partial charge in [0.25, 0.3) is 0 Å². The van der Waals surface area contributed by atoms with Crippen LogP contribution in [0.3, 0.4) is 0 Å². The van der Waals surface area contributed by atoms with Crippen LogP contribution in [0.25, 0.3) is 0 Å². The van der Waals surface area contributed by atoms with Gasteiger partial charge in [-0.3, -0.25) is 9.69 Å². The number of alkyl halides is 3. The third-order valence-corrected chi connectivity index (χ3v) is 7.71. The van der Waals surface area contributed by atoms with E-state index in [0.717, 1.165) is 52.0 Å². The van der Waals surface area contributed by atoms with Crippen molar-refractivity contribution >= 4 is 33.5 Å². The number of aliphatic carboxylic acids is 1. The van der Waals surface area contributed by atoms with Crippen LogP contribution < -0.4 is 4.90 Å². The van der Waals surface area contributed by atoms with E-state index in [1.807, 2.05) is 18.2 Å². The number of nitrogens with zero attached hydrogens (tertiary/aromatic N) is 6. The Hall–Kier alpha value is -3.08. The minimum absolute atomic E-state index is 0.0595. The van der Waals surface area contributed by atoms with E-state index < -0.39 is 12.1 Å². The number of carbonyl (C=O) groups excluding carboxylic acids is 1. The van der Waals surface area contributed by atoms with Crippen LogP contribution in [0.2, 0.25) is 0 Å². The van der Waals surface area contributed by atoms with Crippen LogP contribution >= 0.6 is 15.9 Å². The van der Waals surface area contributed by atoms with Crippen LogP contribution in [0.1, 0.15) is 47.9 Å². The van der Waals surface area contributed by atoms with Crippen LogP contribution in [0.15, 0.2) is 34.9 Å². The number of hydrogen-bond acceptors (Lipinski definition) is 8. The predicted octanol–water partition coefficient (Wildman–Crippen LogP) is 4.37. The number of carboxylic acids is 1. The van der Waals surface area contributed by atoms with Gasteiger partial charge in [-0.2, -0.15) is 18.4 Å². The molecule has 1 aliphatic carbocycles. The molecule has 13 heteroatoms. The highest BCUT2D eigenvalue weighted by molar-refractivity contribution is 9.10. The number of anilines is 1. The van der Waals surface area contributed by atoms with E-state index >= 15 is 0 Å². The van der Waals surface area contributed by atoms with E-state index in [2.05, 4.69) is 66.7 Å². The number of carbonyl (C=O) groups is 2. The minimum atomic E-state index is -5.08. The molecule has 1 aromatic heterocycles. The number of piperazine rings is 1. The number of benzene rings is 1. The van der Waals surface area contributed by atoms with E-state index in [0.29, 0.717) is 21.8 Å². The van der Waals surface area contributed by atoms with Gasteiger partial charge in [-0.15, -0.1) is 0 Å². The van der Waals surface area contributed by atoms with Crippen LogP contribution in [0.4, 0.5) is 19.0 Å². The quantitative estimate of drug-likeness (QED) is 0.449. The highest BCUT2D eigenvalue weighted by Crippen LogP contribution is 2.35. The second-order valence-electron chi connectivity index (χ2n) is 10.1. The number of rotatable bonds is 7. The Bertz CT molecular complexity index is 1210. The molecule has 1 N–H and O–H groups in total. The number of Topliss-reactive ketones (excluding diaryl/α,β-unsaturated/α-hetero) is 1. The fraction of sp³-hybridized carbons (Fsp3) is 0.519. The van der Waals surface area contributed by atoms with Gasteiger partial charge in [0.1, 0.15) is 11.9 Å². The first-order valence-electron chi connectivity index (χ1n) is 12.9. The summed E-state index contributed by atoms with van der Waals surface area (Å²) in [4.78, 5) is 37.6. The Kier molecular flexibility index (Phi) is 11.0. The van der Waals surface area contributed by atoms with E-state index in [1.54, 1.807) is 6.20 Å². The van der Waals surface area contributed by atoms with Gasteiger partial charge in [-0.05, 0) is 47.3 Å². The molecule has 2 atom stereocenters. The number of ketones is 1. The zero-order valence-electron chi connectivity index (χ0n) is 22.4. The molecule has 1 aliphatic heterocycles. The molecule has 2 aromatic rings. The van der Waals surface area contributed by atoms with Crippen molar-refractivity contribution in [2.75, 3.05) is 44.7 Å². The van der Waals surface area contributed by atoms with Crippen molar-refractivity contribution in [3.05, 3.63) is 51.9 Å². The summed E-state index contributed by atoms with van der Waals surface area (Å²) >= 11 is 3.54. The smallest absolute Gasteiger partial charge is 0.475 e.